The lowest BCUT2D eigenvalue weighted by Crippen LogP contribution is -2.36. The number of benzene rings is 1. The van der Waals surface area contributed by atoms with Crippen LogP contribution in [0.3, 0.4) is 0 Å². The van der Waals surface area contributed by atoms with Crippen molar-refractivity contribution in [1.82, 2.24) is 5.32 Å². The van der Waals surface area contributed by atoms with Crippen molar-refractivity contribution in [3.8, 4) is 0 Å². The number of methoxy groups -OCH3 is 1. The van der Waals surface area contributed by atoms with Gasteiger partial charge in [-0.05, 0) is 52.7 Å². The highest BCUT2D eigenvalue weighted by molar-refractivity contribution is 9.10. The molecule has 1 aromatic carbocycles. The third-order valence-electron chi connectivity index (χ3n) is 4.34. The second-order valence-corrected chi connectivity index (χ2v) is 6.73. The van der Waals surface area contributed by atoms with Gasteiger partial charge in [-0.15, -0.1) is 0 Å². The van der Waals surface area contributed by atoms with E-state index < -0.39 is 11.6 Å². The highest BCUT2D eigenvalue weighted by atomic mass is 79.9. The summed E-state index contributed by atoms with van der Waals surface area (Å²) in [6, 6.07) is 2.76. The highest BCUT2D eigenvalue weighted by Gasteiger charge is 2.35. The second-order valence-electron chi connectivity index (χ2n) is 5.88. The number of nitrogens with one attached hydrogen (secondary N) is 1. The van der Waals surface area contributed by atoms with Crippen LogP contribution in [0.1, 0.15) is 31.2 Å². The molecule has 0 bridgehead atoms. The monoisotopic (exact) mass is 361 g/mol. The van der Waals surface area contributed by atoms with Gasteiger partial charge in [-0.25, -0.2) is 8.78 Å². The predicted molar refractivity (Wildman–Crippen MR) is 83.4 cm³/mol. The largest absolute Gasteiger partial charge is 0.383 e. The van der Waals surface area contributed by atoms with Crippen LogP contribution in [0.25, 0.3) is 0 Å². The molecule has 0 amide bonds. The van der Waals surface area contributed by atoms with Crippen molar-refractivity contribution >= 4 is 15.9 Å². The first-order valence-corrected chi connectivity index (χ1v) is 8.19. The zero-order valence-electron chi connectivity index (χ0n) is 12.4. The molecule has 2 nitrogen and oxygen atoms in total. The quantitative estimate of drug-likeness (QED) is 0.583. The molecule has 0 aromatic heterocycles. The van der Waals surface area contributed by atoms with Crippen LogP contribution in [0.2, 0.25) is 0 Å². The van der Waals surface area contributed by atoms with Crippen LogP contribution in [0, 0.1) is 17.0 Å². The molecule has 0 spiro atoms. The lowest BCUT2D eigenvalue weighted by atomic mass is 9.79. The van der Waals surface area contributed by atoms with Crippen LogP contribution in [0.4, 0.5) is 8.78 Å². The van der Waals surface area contributed by atoms with Crippen LogP contribution in [-0.4, -0.2) is 26.8 Å². The molecule has 2 rings (SSSR count). The Morgan fingerprint density at radius 3 is 2.67 bits per heavy atom. The summed E-state index contributed by atoms with van der Waals surface area (Å²) in [5, 5.41) is 3.36. The lowest BCUT2D eigenvalue weighted by molar-refractivity contribution is 0.189. The molecule has 1 aliphatic carbocycles. The maximum Gasteiger partial charge on any atom is 0.143 e. The summed E-state index contributed by atoms with van der Waals surface area (Å²) in [6.07, 6.45) is 4.73. The van der Waals surface area contributed by atoms with Crippen molar-refractivity contribution in [1.29, 1.82) is 0 Å². The first-order chi connectivity index (χ1) is 10.1. The number of halogens is 3. The lowest BCUT2D eigenvalue weighted by Gasteiger charge is -2.30. The van der Waals surface area contributed by atoms with E-state index in [0.29, 0.717) is 17.5 Å². The molecule has 1 aliphatic rings. The molecule has 0 unspecified atom stereocenters. The van der Waals surface area contributed by atoms with Gasteiger partial charge in [0.25, 0.3) is 0 Å². The van der Waals surface area contributed by atoms with Crippen LogP contribution >= 0.6 is 15.9 Å². The van der Waals surface area contributed by atoms with Gasteiger partial charge in [0.1, 0.15) is 11.6 Å². The van der Waals surface area contributed by atoms with Gasteiger partial charge in [0.15, 0.2) is 0 Å². The predicted octanol–water partition coefficient (Wildman–Crippen LogP) is 4.07. The van der Waals surface area contributed by atoms with Gasteiger partial charge in [0.2, 0.25) is 0 Å². The van der Waals surface area contributed by atoms with E-state index in [9.17, 15) is 8.78 Å². The van der Waals surface area contributed by atoms with E-state index in [1.165, 1.54) is 12.1 Å². The number of rotatable bonds is 7. The molecular formula is C16H22BrF2NO. The SMILES string of the molecule is COCCNCC1(Cc2c(F)ccc(Br)c2F)CCCC1. The van der Waals surface area contributed by atoms with Crippen LogP contribution in [-0.2, 0) is 11.2 Å². The number of ether oxygens (including phenoxy) is 1. The molecule has 1 N–H and O–H groups in total. The van der Waals surface area contributed by atoms with Gasteiger partial charge in [-0.2, -0.15) is 0 Å². The fourth-order valence-electron chi connectivity index (χ4n) is 3.17. The highest BCUT2D eigenvalue weighted by Crippen LogP contribution is 2.41. The topological polar surface area (TPSA) is 21.3 Å². The van der Waals surface area contributed by atoms with Crippen LogP contribution in [0.15, 0.2) is 16.6 Å². The van der Waals surface area contributed by atoms with Crippen molar-refractivity contribution < 1.29 is 13.5 Å². The molecule has 1 saturated carbocycles. The Morgan fingerprint density at radius 2 is 2.00 bits per heavy atom. The fraction of sp³-hybridized carbons (Fsp3) is 0.625. The molecule has 0 aliphatic heterocycles. The van der Waals surface area contributed by atoms with Gasteiger partial charge in [0.05, 0.1) is 11.1 Å². The van der Waals surface area contributed by atoms with Crippen molar-refractivity contribution in [3.63, 3.8) is 0 Å². The van der Waals surface area contributed by atoms with Crippen molar-refractivity contribution in [2.24, 2.45) is 5.41 Å². The Balaban J connectivity index is 2.11. The van der Waals surface area contributed by atoms with E-state index in [0.717, 1.165) is 38.8 Å². The van der Waals surface area contributed by atoms with Gasteiger partial charge in [-0.1, -0.05) is 12.8 Å². The smallest absolute Gasteiger partial charge is 0.143 e. The summed E-state index contributed by atoms with van der Waals surface area (Å²) in [7, 11) is 1.67. The molecular weight excluding hydrogens is 340 g/mol. The van der Waals surface area contributed by atoms with Crippen molar-refractivity contribution in [3.05, 3.63) is 33.8 Å². The van der Waals surface area contributed by atoms with E-state index >= 15 is 0 Å². The fourth-order valence-corrected chi connectivity index (χ4v) is 3.55. The summed E-state index contributed by atoms with van der Waals surface area (Å²) in [6.45, 7) is 2.19. The van der Waals surface area contributed by atoms with Gasteiger partial charge in [0, 0.05) is 25.8 Å². The Bertz CT molecular complexity index is 476. The van der Waals surface area contributed by atoms with Gasteiger partial charge in [-0.3, -0.25) is 0 Å². The zero-order valence-corrected chi connectivity index (χ0v) is 13.9. The van der Waals surface area contributed by atoms with E-state index in [2.05, 4.69) is 21.2 Å². The average molecular weight is 362 g/mol. The van der Waals surface area contributed by atoms with Crippen molar-refractivity contribution in [2.45, 2.75) is 32.1 Å². The number of hydrogen-bond acceptors (Lipinski definition) is 2. The summed E-state index contributed by atoms with van der Waals surface area (Å²) < 4.78 is 33.6. The van der Waals surface area contributed by atoms with E-state index in [1.807, 2.05) is 0 Å². The third-order valence-corrected chi connectivity index (χ3v) is 4.95. The minimum Gasteiger partial charge on any atom is -0.383 e. The van der Waals surface area contributed by atoms with Gasteiger partial charge >= 0.3 is 0 Å². The summed E-state index contributed by atoms with van der Waals surface area (Å²) >= 11 is 3.15. The molecule has 0 saturated heterocycles. The molecule has 1 fully saturated rings. The van der Waals surface area contributed by atoms with E-state index in [1.54, 1.807) is 7.11 Å². The minimum atomic E-state index is -0.460. The average Bonchev–Trinajstić information content (AvgIpc) is 2.93. The maximum absolute atomic E-state index is 14.2. The summed E-state index contributed by atoms with van der Waals surface area (Å²) in [5.74, 6) is -0.906. The Labute approximate surface area is 133 Å². The summed E-state index contributed by atoms with van der Waals surface area (Å²) in [5.41, 5.74) is 0.163. The molecule has 5 heteroatoms. The molecule has 1 aromatic rings. The van der Waals surface area contributed by atoms with Gasteiger partial charge < -0.3 is 10.1 Å². The first kappa shape index (κ1) is 16.8. The second kappa shape index (κ2) is 7.65. The Morgan fingerprint density at radius 1 is 1.29 bits per heavy atom. The zero-order chi connectivity index (χ0) is 15.3. The van der Waals surface area contributed by atoms with E-state index in [-0.39, 0.29) is 11.0 Å². The molecule has 21 heavy (non-hydrogen) atoms. The Kier molecular flexibility index (Phi) is 6.14. The maximum atomic E-state index is 14.2. The number of hydrogen-bond donors (Lipinski definition) is 1. The Hall–Kier alpha value is -0.520. The third kappa shape index (κ3) is 4.24. The molecule has 0 radical (unpaired) electrons. The van der Waals surface area contributed by atoms with Crippen LogP contribution in [0.5, 0.6) is 0 Å². The molecule has 118 valence electrons. The minimum absolute atomic E-state index is 0.0454. The van der Waals surface area contributed by atoms with E-state index in [4.69, 9.17) is 4.74 Å². The molecule has 0 heterocycles. The first-order valence-electron chi connectivity index (χ1n) is 7.40. The standard InChI is InChI=1S/C16H22BrF2NO/c1-21-9-8-20-11-16(6-2-3-7-16)10-12-14(18)5-4-13(17)15(12)19/h4-5,20H,2-3,6-11H2,1H3. The molecule has 0 atom stereocenters. The van der Waals surface area contributed by atoms with Crippen LogP contribution < -0.4 is 5.32 Å². The summed E-state index contributed by atoms with van der Waals surface area (Å²) in [4.78, 5) is 0. The van der Waals surface area contributed by atoms with Crippen molar-refractivity contribution in [2.75, 3.05) is 26.8 Å². The normalized spacial score (nSPS) is 17.3.